The van der Waals surface area contributed by atoms with Crippen molar-refractivity contribution in [2.45, 2.75) is 13.5 Å². The van der Waals surface area contributed by atoms with Crippen molar-refractivity contribution in [3.8, 4) is 0 Å². The Labute approximate surface area is 115 Å². The Hall–Kier alpha value is -0.980. The molecule has 1 aromatic rings. The van der Waals surface area contributed by atoms with E-state index in [1.54, 1.807) is 12.1 Å². The zero-order valence-electron chi connectivity index (χ0n) is 10.6. The maximum atomic E-state index is 10.8. The molecular weight excluding hydrogens is 300 g/mol. The average molecular weight is 317 g/mol. The fourth-order valence-corrected chi connectivity index (χ4v) is 1.94. The van der Waals surface area contributed by atoms with Crippen molar-refractivity contribution in [3.05, 3.63) is 38.3 Å². The van der Waals surface area contributed by atoms with Crippen molar-refractivity contribution in [1.29, 1.82) is 0 Å². The lowest BCUT2D eigenvalue weighted by atomic mass is 10.2. The number of benzene rings is 1. The number of rotatable bonds is 7. The van der Waals surface area contributed by atoms with E-state index in [0.717, 1.165) is 12.1 Å². The van der Waals surface area contributed by atoms with Gasteiger partial charge in [-0.2, -0.15) is 0 Å². The first kappa shape index (κ1) is 15.1. The van der Waals surface area contributed by atoms with Crippen LogP contribution in [0.15, 0.2) is 22.7 Å². The van der Waals surface area contributed by atoms with E-state index in [-0.39, 0.29) is 10.6 Å². The lowest BCUT2D eigenvalue weighted by Gasteiger charge is -2.16. The van der Waals surface area contributed by atoms with Crippen molar-refractivity contribution in [1.82, 2.24) is 4.90 Å². The van der Waals surface area contributed by atoms with Crippen molar-refractivity contribution < 1.29 is 9.66 Å². The second-order valence-corrected chi connectivity index (χ2v) is 4.83. The summed E-state index contributed by atoms with van der Waals surface area (Å²) in [5, 5.41) is 10.8. The molecule has 0 N–H and O–H groups in total. The van der Waals surface area contributed by atoms with E-state index in [9.17, 15) is 10.1 Å². The van der Waals surface area contributed by atoms with Crippen LogP contribution in [-0.4, -0.2) is 36.6 Å². The fourth-order valence-electron chi connectivity index (χ4n) is 1.55. The molecule has 0 saturated heterocycles. The van der Waals surface area contributed by atoms with Gasteiger partial charge >= 0.3 is 0 Å². The summed E-state index contributed by atoms with van der Waals surface area (Å²) in [6, 6.07) is 5.19. The maximum Gasteiger partial charge on any atom is 0.283 e. The first-order chi connectivity index (χ1) is 8.54. The second-order valence-electron chi connectivity index (χ2n) is 3.98. The van der Waals surface area contributed by atoms with Crippen LogP contribution < -0.4 is 0 Å². The van der Waals surface area contributed by atoms with Crippen LogP contribution in [0.4, 0.5) is 5.69 Å². The Morgan fingerprint density at radius 3 is 2.83 bits per heavy atom. The SMILES string of the molecule is CCOCCN(C)Cc1ccc(Br)c([N+](=O)[O-])c1. The Morgan fingerprint density at radius 1 is 1.50 bits per heavy atom. The van der Waals surface area contributed by atoms with Gasteiger partial charge in [0.25, 0.3) is 5.69 Å². The number of halogens is 1. The number of nitro groups is 1. The van der Waals surface area contributed by atoms with Crippen LogP contribution in [0.5, 0.6) is 0 Å². The minimum Gasteiger partial charge on any atom is -0.380 e. The highest BCUT2D eigenvalue weighted by Crippen LogP contribution is 2.25. The van der Waals surface area contributed by atoms with Gasteiger partial charge in [-0.25, -0.2) is 0 Å². The van der Waals surface area contributed by atoms with Gasteiger partial charge in [0.05, 0.1) is 16.0 Å². The molecule has 0 unspecified atom stereocenters. The van der Waals surface area contributed by atoms with Gasteiger partial charge in [0.1, 0.15) is 0 Å². The highest BCUT2D eigenvalue weighted by molar-refractivity contribution is 9.10. The summed E-state index contributed by atoms with van der Waals surface area (Å²) in [4.78, 5) is 12.5. The first-order valence-corrected chi connectivity index (χ1v) is 6.53. The van der Waals surface area contributed by atoms with Crippen LogP contribution >= 0.6 is 15.9 Å². The average Bonchev–Trinajstić information content (AvgIpc) is 2.31. The third-order valence-corrected chi connectivity index (χ3v) is 3.15. The van der Waals surface area contributed by atoms with Gasteiger partial charge in [-0.15, -0.1) is 0 Å². The van der Waals surface area contributed by atoms with E-state index in [0.29, 0.717) is 24.2 Å². The lowest BCUT2D eigenvalue weighted by Crippen LogP contribution is -2.22. The Bertz CT molecular complexity index is 412. The summed E-state index contributed by atoms with van der Waals surface area (Å²) >= 11 is 3.17. The normalized spacial score (nSPS) is 10.9. The third-order valence-electron chi connectivity index (χ3n) is 2.48. The molecule has 0 radical (unpaired) electrons. The summed E-state index contributed by atoms with van der Waals surface area (Å²) in [6.45, 7) is 4.81. The molecule has 1 rings (SSSR count). The first-order valence-electron chi connectivity index (χ1n) is 5.73. The highest BCUT2D eigenvalue weighted by Gasteiger charge is 2.12. The van der Waals surface area contributed by atoms with Gasteiger partial charge in [0, 0.05) is 25.8 Å². The Balaban J connectivity index is 2.62. The van der Waals surface area contributed by atoms with Crippen LogP contribution in [0.25, 0.3) is 0 Å². The molecule has 0 aliphatic heterocycles. The zero-order valence-corrected chi connectivity index (χ0v) is 12.1. The molecule has 0 aliphatic carbocycles. The van der Waals surface area contributed by atoms with E-state index >= 15 is 0 Å². The quantitative estimate of drug-likeness (QED) is 0.441. The van der Waals surface area contributed by atoms with Gasteiger partial charge in [-0.05, 0) is 41.5 Å². The molecule has 0 atom stereocenters. The molecule has 6 heteroatoms. The number of hydrogen-bond acceptors (Lipinski definition) is 4. The van der Waals surface area contributed by atoms with Crippen LogP contribution in [0.2, 0.25) is 0 Å². The Kier molecular flexibility index (Phi) is 6.24. The van der Waals surface area contributed by atoms with E-state index in [4.69, 9.17) is 4.74 Å². The van der Waals surface area contributed by atoms with Crippen molar-refractivity contribution in [2.24, 2.45) is 0 Å². The molecule has 5 nitrogen and oxygen atoms in total. The van der Waals surface area contributed by atoms with E-state index in [2.05, 4.69) is 20.8 Å². The van der Waals surface area contributed by atoms with Gasteiger partial charge in [0.2, 0.25) is 0 Å². The summed E-state index contributed by atoms with van der Waals surface area (Å²) < 4.78 is 5.77. The smallest absolute Gasteiger partial charge is 0.283 e. The molecule has 0 saturated carbocycles. The number of hydrogen-bond donors (Lipinski definition) is 0. The zero-order chi connectivity index (χ0) is 13.5. The predicted molar refractivity (Wildman–Crippen MR) is 73.6 cm³/mol. The minimum absolute atomic E-state index is 0.103. The summed E-state index contributed by atoms with van der Waals surface area (Å²) in [5.41, 5.74) is 1.02. The van der Waals surface area contributed by atoms with Gasteiger partial charge in [-0.1, -0.05) is 6.07 Å². The highest BCUT2D eigenvalue weighted by atomic mass is 79.9. The molecule has 0 amide bonds. The van der Waals surface area contributed by atoms with Gasteiger partial charge in [0.15, 0.2) is 0 Å². The maximum absolute atomic E-state index is 10.8. The van der Waals surface area contributed by atoms with Crippen LogP contribution in [0.3, 0.4) is 0 Å². The van der Waals surface area contributed by atoms with Gasteiger partial charge in [-0.3, -0.25) is 15.0 Å². The summed E-state index contributed by atoms with van der Waals surface area (Å²) in [6.07, 6.45) is 0. The van der Waals surface area contributed by atoms with Crippen LogP contribution in [0, 0.1) is 10.1 Å². The minimum atomic E-state index is -0.381. The fraction of sp³-hybridized carbons (Fsp3) is 0.500. The van der Waals surface area contributed by atoms with Crippen LogP contribution in [0.1, 0.15) is 12.5 Å². The molecule has 18 heavy (non-hydrogen) atoms. The van der Waals surface area contributed by atoms with E-state index in [1.807, 2.05) is 20.0 Å². The number of nitro benzene ring substituents is 1. The molecular formula is C12H17BrN2O3. The molecule has 0 aliphatic rings. The molecule has 100 valence electrons. The Morgan fingerprint density at radius 2 is 2.22 bits per heavy atom. The molecule has 0 heterocycles. The summed E-state index contributed by atoms with van der Waals surface area (Å²) in [7, 11) is 1.97. The van der Waals surface area contributed by atoms with E-state index < -0.39 is 0 Å². The topological polar surface area (TPSA) is 55.6 Å². The van der Waals surface area contributed by atoms with Crippen LogP contribution in [-0.2, 0) is 11.3 Å². The number of nitrogens with zero attached hydrogens (tertiary/aromatic N) is 2. The second kappa shape index (κ2) is 7.45. The van der Waals surface area contributed by atoms with Crippen molar-refractivity contribution >= 4 is 21.6 Å². The lowest BCUT2D eigenvalue weighted by molar-refractivity contribution is -0.385. The largest absolute Gasteiger partial charge is 0.380 e. The third kappa shape index (κ3) is 4.72. The van der Waals surface area contributed by atoms with Gasteiger partial charge < -0.3 is 4.74 Å². The van der Waals surface area contributed by atoms with Crippen molar-refractivity contribution in [3.63, 3.8) is 0 Å². The monoisotopic (exact) mass is 316 g/mol. The van der Waals surface area contributed by atoms with E-state index in [1.165, 1.54) is 0 Å². The molecule has 0 fully saturated rings. The number of likely N-dealkylation sites (N-methyl/N-ethyl adjacent to an activating group) is 1. The predicted octanol–water partition coefficient (Wildman–Crippen LogP) is 2.83. The standard InChI is InChI=1S/C12H17BrN2O3/c1-3-18-7-6-14(2)9-10-4-5-11(13)12(8-10)15(16)17/h4-5,8H,3,6-7,9H2,1-2H3. The molecule has 0 spiro atoms. The molecule has 0 aromatic heterocycles. The number of ether oxygens (including phenoxy) is 1. The van der Waals surface area contributed by atoms with Crippen molar-refractivity contribution in [2.75, 3.05) is 26.8 Å². The molecule has 0 bridgehead atoms. The molecule has 1 aromatic carbocycles. The summed E-state index contributed by atoms with van der Waals surface area (Å²) in [5.74, 6) is 0.